The molecule has 0 aromatic heterocycles. The Balaban J connectivity index is 1.76. The number of benzene rings is 3. The predicted molar refractivity (Wildman–Crippen MR) is 112 cm³/mol. The Morgan fingerprint density at radius 3 is 1.76 bits per heavy atom. The van der Waals surface area contributed by atoms with Crippen LogP contribution in [0, 0.1) is 0 Å². The average molecular weight is 410 g/mol. The highest BCUT2D eigenvalue weighted by Gasteiger charge is 2.20. The summed E-state index contributed by atoms with van der Waals surface area (Å²) < 4.78 is 31.1. The zero-order chi connectivity index (χ0) is 20.9. The molecule has 0 bridgehead atoms. The summed E-state index contributed by atoms with van der Waals surface area (Å²) >= 11 is 0. The largest absolute Gasteiger partial charge is 0.436 e. The maximum atomic E-state index is 12.5. The molecule has 150 valence electrons. The summed E-state index contributed by atoms with van der Waals surface area (Å²) in [5, 5.41) is 2.65. The van der Waals surface area contributed by atoms with Gasteiger partial charge in [0.2, 0.25) is 10.0 Å². The molecule has 0 radical (unpaired) electrons. The van der Waals surface area contributed by atoms with Crippen LogP contribution in [-0.4, -0.2) is 32.9 Å². The van der Waals surface area contributed by atoms with Crippen LogP contribution < -0.4 is 5.32 Å². The normalized spacial score (nSPS) is 11.4. The summed E-state index contributed by atoms with van der Waals surface area (Å²) in [6.07, 6.45) is -1.20. The Labute approximate surface area is 170 Å². The van der Waals surface area contributed by atoms with Crippen LogP contribution in [0.4, 0.5) is 10.5 Å². The lowest BCUT2D eigenvalue weighted by atomic mass is 10.0. The molecule has 0 heterocycles. The lowest BCUT2D eigenvalue weighted by Crippen LogP contribution is -2.22. The second kappa shape index (κ2) is 8.89. The quantitative estimate of drug-likeness (QED) is 0.658. The molecule has 0 atom stereocenters. The zero-order valence-electron chi connectivity index (χ0n) is 16.1. The van der Waals surface area contributed by atoms with Crippen molar-refractivity contribution in [3.05, 3.63) is 96.1 Å². The maximum Gasteiger partial charge on any atom is 0.412 e. The fourth-order valence-electron chi connectivity index (χ4n) is 2.76. The van der Waals surface area contributed by atoms with Gasteiger partial charge in [-0.3, -0.25) is 5.32 Å². The zero-order valence-corrected chi connectivity index (χ0v) is 17.0. The topological polar surface area (TPSA) is 75.7 Å². The number of carbonyl (C=O) groups is 1. The Kier molecular flexibility index (Phi) is 6.31. The van der Waals surface area contributed by atoms with E-state index in [1.807, 2.05) is 60.7 Å². The molecule has 3 rings (SSSR count). The van der Waals surface area contributed by atoms with E-state index in [9.17, 15) is 13.2 Å². The molecule has 29 heavy (non-hydrogen) atoms. The number of nitrogens with zero attached hydrogens (tertiary/aromatic N) is 1. The third-order valence-electron chi connectivity index (χ3n) is 4.31. The number of amides is 1. The van der Waals surface area contributed by atoms with Crippen LogP contribution in [0.5, 0.6) is 0 Å². The van der Waals surface area contributed by atoms with E-state index >= 15 is 0 Å². The van der Waals surface area contributed by atoms with Gasteiger partial charge in [0.25, 0.3) is 0 Å². The number of sulfonamides is 1. The first-order valence-corrected chi connectivity index (χ1v) is 10.4. The van der Waals surface area contributed by atoms with Gasteiger partial charge in [-0.05, 0) is 35.4 Å². The van der Waals surface area contributed by atoms with Crippen molar-refractivity contribution in [2.45, 2.75) is 11.0 Å². The van der Waals surface area contributed by atoms with Crippen LogP contribution in [0.25, 0.3) is 0 Å². The summed E-state index contributed by atoms with van der Waals surface area (Å²) in [6.45, 7) is 0. The van der Waals surface area contributed by atoms with Crippen LogP contribution in [0.3, 0.4) is 0 Å². The summed E-state index contributed by atoms with van der Waals surface area (Å²) in [5.74, 6) is 0. The monoisotopic (exact) mass is 410 g/mol. The molecular weight excluding hydrogens is 388 g/mol. The Hall–Kier alpha value is -3.16. The van der Waals surface area contributed by atoms with Crippen molar-refractivity contribution in [3.63, 3.8) is 0 Å². The van der Waals surface area contributed by atoms with Crippen LogP contribution >= 0.6 is 0 Å². The summed E-state index contributed by atoms with van der Waals surface area (Å²) in [5.41, 5.74) is 2.13. The van der Waals surface area contributed by atoms with Gasteiger partial charge in [0.1, 0.15) is 0 Å². The molecule has 1 amide bonds. The number of anilines is 1. The first-order chi connectivity index (χ1) is 13.9. The molecule has 3 aromatic carbocycles. The molecule has 0 aliphatic carbocycles. The minimum Gasteiger partial charge on any atom is -0.436 e. The lowest BCUT2D eigenvalue weighted by Gasteiger charge is -2.19. The van der Waals surface area contributed by atoms with Gasteiger partial charge in [-0.25, -0.2) is 17.5 Å². The molecule has 6 nitrogen and oxygen atoms in total. The molecule has 7 heteroatoms. The Morgan fingerprint density at radius 1 is 0.828 bits per heavy atom. The number of hydrogen-bond donors (Lipinski definition) is 1. The summed E-state index contributed by atoms with van der Waals surface area (Å²) in [6, 6.07) is 24.8. The van der Waals surface area contributed by atoms with Gasteiger partial charge in [0.05, 0.1) is 4.90 Å². The Morgan fingerprint density at radius 2 is 1.31 bits per heavy atom. The van der Waals surface area contributed by atoms with E-state index in [0.717, 1.165) is 15.4 Å². The van der Waals surface area contributed by atoms with Gasteiger partial charge in [0, 0.05) is 19.8 Å². The van der Waals surface area contributed by atoms with E-state index < -0.39 is 22.2 Å². The van der Waals surface area contributed by atoms with E-state index in [2.05, 4.69) is 5.32 Å². The van der Waals surface area contributed by atoms with Crippen molar-refractivity contribution in [1.82, 2.24) is 4.31 Å². The van der Waals surface area contributed by atoms with Crippen molar-refractivity contribution >= 4 is 21.8 Å². The number of hydrogen-bond acceptors (Lipinski definition) is 4. The Bertz CT molecular complexity index is 1010. The first-order valence-electron chi connectivity index (χ1n) is 8.98. The third kappa shape index (κ3) is 5.01. The molecule has 0 saturated carbocycles. The fourth-order valence-corrected chi connectivity index (χ4v) is 3.66. The number of nitrogens with one attached hydrogen (secondary N) is 1. The van der Waals surface area contributed by atoms with Crippen molar-refractivity contribution in [2.24, 2.45) is 0 Å². The maximum absolute atomic E-state index is 12.5. The van der Waals surface area contributed by atoms with Gasteiger partial charge >= 0.3 is 6.09 Å². The summed E-state index contributed by atoms with van der Waals surface area (Å²) in [7, 11) is -0.595. The number of carbonyl (C=O) groups excluding carboxylic acids is 1. The smallest absolute Gasteiger partial charge is 0.412 e. The second-order valence-electron chi connectivity index (χ2n) is 6.54. The van der Waals surface area contributed by atoms with Crippen molar-refractivity contribution in [2.75, 3.05) is 19.4 Å². The lowest BCUT2D eigenvalue weighted by molar-refractivity contribution is 0.131. The SMILES string of the molecule is CN(C)S(=O)(=O)c1ccc(NC(=O)OC(c2ccccc2)c2ccccc2)cc1. The van der Waals surface area contributed by atoms with E-state index in [-0.39, 0.29) is 4.90 Å². The van der Waals surface area contributed by atoms with Crippen LogP contribution in [0.2, 0.25) is 0 Å². The van der Waals surface area contributed by atoms with E-state index in [0.29, 0.717) is 5.69 Å². The first kappa shape index (κ1) is 20.6. The second-order valence-corrected chi connectivity index (χ2v) is 8.70. The van der Waals surface area contributed by atoms with Gasteiger partial charge in [0.15, 0.2) is 6.10 Å². The summed E-state index contributed by atoms with van der Waals surface area (Å²) in [4.78, 5) is 12.6. The average Bonchev–Trinajstić information content (AvgIpc) is 2.73. The van der Waals surface area contributed by atoms with Gasteiger partial charge in [-0.1, -0.05) is 60.7 Å². The van der Waals surface area contributed by atoms with Gasteiger partial charge < -0.3 is 4.74 Å². The van der Waals surface area contributed by atoms with E-state index in [1.54, 1.807) is 0 Å². The van der Waals surface area contributed by atoms with E-state index in [4.69, 9.17) is 4.74 Å². The molecule has 0 fully saturated rings. The highest BCUT2D eigenvalue weighted by molar-refractivity contribution is 7.89. The predicted octanol–water partition coefficient (Wildman–Crippen LogP) is 4.28. The standard InChI is InChI=1S/C22H22N2O4S/c1-24(2)29(26,27)20-15-13-19(14-16-20)23-22(25)28-21(17-9-5-3-6-10-17)18-11-7-4-8-12-18/h3-16,21H,1-2H3,(H,23,25). The third-order valence-corrected chi connectivity index (χ3v) is 6.14. The fraction of sp³-hybridized carbons (Fsp3) is 0.136. The minimum atomic E-state index is -3.52. The molecular formula is C22H22N2O4S. The highest BCUT2D eigenvalue weighted by Crippen LogP contribution is 2.26. The molecule has 3 aromatic rings. The molecule has 1 N–H and O–H groups in total. The van der Waals surface area contributed by atoms with Gasteiger partial charge in [-0.2, -0.15) is 0 Å². The van der Waals surface area contributed by atoms with Gasteiger partial charge in [-0.15, -0.1) is 0 Å². The van der Waals surface area contributed by atoms with Crippen molar-refractivity contribution in [1.29, 1.82) is 0 Å². The minimum absolute atomic E-state index is 0.146. The van der Waals surface area contributed by atoms with Crippen molar-refractivity contribution in [3.8, 4) is 0 Å². The molecule has 0 aliphatic rings. The molecule has 0 unspecified atom stereocenters. The van der Waals surface area contributed by atoms with E-state index in [1.165, 1.54) is 38.4 Å². The number of ether oxygens (including phenoxy) is 1. The molecule has 0 aliphatic heterocycles. The van der Waals surface area contributed by atoms with Crippen LogP contribution in [0.15, 0.2) is 89.8 Å². The van der Waals surface area contributed by atoms with Crippen LogP contribution in [-0.2, 0) is 14.8 Å². The molecule has 0 spiro atoms. The van der Waals surface area contributed by atoms with Crippen molar-refractivity contribution < 1.29 is 17.9 Å². The number of rotatable bonds is 6. The highest BCUT2D eigenvalue weighted by atomic mass is 32.2. The molecule has 0 saturated heterocycles. The van der Waals surface area contributed by atoms with Crippen LogP contribution in [0.1, 0.15) is 17.2 Å².